The minimum atomic E-state index is -0.978. The Hall–Kier alpha value is -2.01. The lowest BCUT2D eigenvalue weighted by atomic mass is 9.52. The van der Waals surface area contributed by atoms with Gasteiger partial charge < -0.3 is 9.84 Å². The molecule has 1 N–H and O–H groups in total. The molecule has 3 aliphatic carbocycles. The molecule has 1 saturated heterocycles. The van der Waals surface area contributed by atoms with E-state index in [0.29, 0.717) is 12.0 Å². The lowest BCUT2D eigenvalue weighted by molar-refractivity contribution is -0.181. The van der Waals surface area contributed by atoms with Crippen molar-refractivity contribution in [2.24, 2.45) is 17.3 Å². The fraction of sp³-hybridized carbons (Fsp3) is 0.550. The van der Waals surface area contributed by atoms with Gasteiger partial charge in [0.05, 0.1) is 0 Å². The van der Waals surface area contributed by atoms with Crippen molar-refractivity contribution >= 4 is 17.3 Å². The highest BCUT2D eigenvalue weighted by molar-refractivity contribution is 6.51. The van der Waals surface area contributed by atoms with Crippen molar-refractivity contribution in [2.75, 3.05) is 6.61 Å². The van der Waals surface area contributed by atoms with Crippen LogP contribution >= 0.6 is 0 Å². The molecular weight excluding hydrogens is 320 g/mol. The summed E-state index contributed by atoms with van der Waals surface area (Å²) in [7, 11) is 0. The first-order valence-electron chi connectivity index (χ1n) is 8.87. The smallest absolute Gasteiger partial charge is 0.233 e. The maximum Gasteiger partial charge on any atom is 0.233 e. The topological polar surface area (TPSA) is 80.7 Å². The van der Waals surface area contributed by atoms with Crippen LogP contribution in [-0.4, -0.2) is 34.7 Å². The summed E-state index contributed by atoms with van der Waals surface area (Å²) in [4.78, 5) is 38.2. The van der Waals surface area contributed by atoms with Crippen molar-refractivity contribution < 1.29 is 24.2 Å². The molecule has 0 aromatic heterocycles. The molecule has 2 fully saturated rings. The van der Waals surface area contributed by atoms with Crippen molar-refractivity contribution in [3.05, 3.63) is 34.6 Å². The first-order valence-corrected chi connectivity index (χ1v) is 8.87. The second kappa shape index (κ2) is 5.01. The zero-order valence-corrected chi connectivity index (χ0v) is 14.7. The van der Waals surface area contributed by atoms with E-state index in [0.717, 1.165) is 12.8 Å². The molecular formula is C20H22O5. The summed E-state index contributed by atoms with van der Waals surface area (Å²) < 4.78 is 5.98. The van der Waals surface area contributed by atoms with Crippen molar-refractivity contribution in [3.8, 4) is 0 Å². The minimum Gasteiger partial charge on any atom is -0.507 e. The molecule has 5 heteroatoms. The largest absolute Gasteiger partial charge is 0.507 e. The standard InChI is InChI=1S/C20H22O5/c1-10(2)14-16(22)11-5-6-12-19(3)7-4-8-20(12,25-9-13(19)21)15(11)18(24)17(14)23/h5-6,10,12,22H,4,7-9H2,1-3H3. The number of carbonyl (C=O) groups is 3. The van der Waals surface area contributed by atoms with Crippen LogP contribution in [0.1, 0.15) is 40.0 Å². The van der Waals surface area contributed by atoms with Gasteiger partial charge in [-0.2, -0.15) is 0 Å². The molecule has 0 aromatic carbocycles. The zero-order valence-electron chi connectivity index (χ0n) is 14.7. The van der Waals surface area contributed by atoms with E-state index in [2.05, 4.69) is 0 Å². The molecule has 5 nitrogen and oxygen atoms in total. The molecule has 3 unspecified atom stereocenters. The summed E-state index contributed by atoms with van der Waals surface area (Å²) in [6, 6.07) is 0. The van der Waals surface area contributed by atoms with E-state index in [-0.39, 0.29) is 41.1 Å². The Kier molecular flexibility index (Phi) is 3.30. The van der Waals surface area contributed by atoms with Crippen LogP contribution in [0.15, 0.2) is 34.6 Å². The lowest BCUT2D eigenvalue weighted by Gasteiger charge is -2.57. The van der Waals surface area contributed by atoms with E-state index < -0.39 is 22.6 Å². The molecule has 1 aliphatic heterocycles. The van der Waals surface area contributed by atoms with E-state index in [1.165, 1.54) is 0 Å². The van der Waals surface area contributed by atoms with Gasteiger partial charge in [-0.05, 0) is 25.2 Å². The average Bonchev–Trinajstić information content (AvgIpc) is 2.55. The van der Waals surface area contributed by atoms with Gasteiger partial charge in [-0.1, -0.05) is 32.9 Å². The van der Waals surface area contributed by atoms with Gasteiger partial charge in [0.15, 0.2) is 5.78 Å². The third-order valence-corrected chi connectivity index (χ3v) is 6.44. The van der Waals surface area contributed by atoms with Crippen LogP contribution in [-0.2, 0) is 19.1 Å². The van der Waals surface area contributed by atoms with E-state index in [1.807, 2.05) is 13.0 Å². The number of Topliss-reactive ketones (excluding diaryl/α,β-unsaturated/α-hetero) is 3. The van der Waals surface area contributed by atoms with Crippen LogP contribution in [0.3, 0.4) is 0 Å². The predicted octanol–water partition coefficient (Wildman–Crippen LogP) is 2.62. The minimum absolute atomic E-state index is 0.0405. The highest BCUT2D eigenvalue weighted by Gasteiger charge is 2.63. The van der Waals surface area contributed by atoms with Gasteiger partial charge in [0.25, 0.3) is 0 Å². The Morgan fingerprint density at radius 2 is 1.92 bits per heavy atom. The van der Waals surface area contributed by atoms with Crippen LogP contribution in [0.5, 0.6) is 0 Å². The van der Waals surface area contributed by atoms with Gasteiger partial charge in [-0.25, -0.2) is 0 Å². The van der Waals surface area contributed by atoms with Crippen molar-refractivity contribution in [1.82, 2.24) is 0 Å². The van der Waals surface area contributed by atoms with Crippen LogP contribution in [0.25, 0.3) is 0 Å². The van der Waals surface area contributed by atoms with Crippen molar-refractivity contribution in [2.45, 2.75) is 45.6 Å². The Morgan fingerprint density at radius 1 is 1.20 bits per heavy atom. The molecule has 0 aromatic rings. The molecule has 0 amide bonds. The molecule has 1 heterocycles. The van der Waals surface area contributed by atoms with E-state index >= 15 is 0 Å². The summed E-state index contributed by atoms with van der Waals surface area (Å²) >= 11 is 0. The van der Waals surface area contributed by atoms with Gasteiger partial charge in [0.1, 0.15) is 18.0 Å². The average molecular weight is 342 g/mol. The third-order valence-electron chi connectivity index (χ3n) is 6.44. The number of hydrogen-bond donors (Lipinski definition) is 1. The van der Waals surface area contributed by atoms with Crippen molar-refractivity contribution in [3.63, 3.8) is 0 Å². The van der Waals surface area contributed by atoms with Gasteiger partial charge in [-0.3, -0.25) is 14.4 Å². The maximum atomic E-state index is 13.0. The normalized spacial score (nSPS) is 37.6. The SMILES string of the molecule is CC(C)C1=C(O)C2=C(C(=O)C1=O)C13CCCC(C)(C(=O)CO1)C3C=C2. The Morgan fingerprint density at radius 3 is 2.60 bits per heavy atom. The highest BCUT2D eigenvalue weighted by atomic mass is 16.5. The first kappa shape index (κ1) is 16.5. The molecule has 4 rings (SSSR count). The molecule has 1 saturated carbocycles. The lowest BCUT2D eigenvalue weighted by Crippen LogP contribution is -2.63. The summed E-state index contributed by atoms with van der Waals surface area (Å²) in [5.74, 6) is -1.85. The zero-order chi connectivity index (χ0) is 18.1. The molecule has 0 radical (unpaired) electrons. The third kappa shape index (κ3) is 1.85. The number of rotatable bonds is 1. The number of hydrogen-bond acceptors (Lipinski definition) is 5. The first-order chi connectivity index (χ1) is 11.7. The summed E-state index contributed by atoms with van der Waals surface area (Å²) in [5.41, 5.74) is -0.761. The maximum absolute atomic E-state index is 13.0. The highest BCUT2D eigenvalue weighted by Crippen LogP contribution is 2.58. The Labute approximate surface area is 146 Å². The van der Waals surface area contributed by atoms with Crippen LogP contribution in [0.2, 0.25) is 0 Å². The predicted molar refractivity (Wildman–Crippen MR) is 89.8 cm³/mol. The monoisotopic (exact) mass is 342 g/mol. The van der Waals surface area contributed by atoms with Gasteiger partial charge in [-0.15, -0.1) is 0 Å². The van der Waals surface area contributed by atoms with Crippen molar-refractivity contribution in [1.29, 1.82) is 0 Å². The molecule has 0 spiro atoms. The molecule has 3 atom stereocenters. The second-order valence-corrected chi connectivity index (χ2v) is 8.07. The number of allylic oxidation sites excluding steroid dienone is 2. The summed E-state index contributed by atoms with van der Waals surface area (Å²) in [5, 5.41) is 10.7. The van der Waals surface area contributed by atoms with E-state index in [1.54, 1.807) is 19.9 Å². The summed E-state index contributed by atoms with van der Waals surface area (Å²) in [6.07, 6.45) is 5.66. The molecule has 2 bridgehead atoms. The van der Waals surface area contributed by atoms with Gasteiger partial charge >= 0.3 is 0 Å². The van der Waals surface area contributed by atoms with Crippen LogP contribution < -0.4 is 0 Å². The van der Waals surface area contributed by atoms with Crippen LogP contribution in [0, 0.1) is 17.3 Å². The van der Waals surface area contributed by atoms with Crippen LogP contribution in [0.4, 0.5) is 0 Å². The Bertz CT molecular complexity index is 812. The number of aliphatic hydroxyl groups is 1. The quantitative estimate of drug-likeness (QED) is 0.585. The summed E-state index contributed by atoms with van der Waals surface area (Å²) in [6.45, 7) is 5.43. The fourth-order valence-electron chi connectivity index (χ4n) is 5.14. The molecule has 25 heavy (non-hydrogen) atoms. The number of ether oxygens (including phenoxy) is 1. The second-order valence-electron chi connectivity index (χ2n) is 8.07. The van der Waals surface area contributed by atoms with E-state index in [4.69, 9.17) is 4.74 Å². The van der Waals surface area contributed by atoms with E-state index in [9.17, 15) is 19.5 Å². The molecule has 4 aliphatic rings. The number of aliphatic hydroxyl groups excluding tert-OH is 1. The number of carbonyl (C=O) groups excluding carboxylic acids is 3. The molecule has 132 valence electrons. The van der Waals surface area contributed by atoms with Gasteiger partial charge in [0.2, 0.25) is 11.6 Å². The number of ketones is 3. The Balaban J connectivity index is 1.96. The fourth-order valence-corrected chi connectivity index (χ4v) is 5.14. The van der Waals surface area contributed by atoms with Gasteiger partial charge in [0, 0.05) is 28.1 Å².